The third-order valence-electron chi connectivity index (χ3n) is 3.55. The van der Waals surface area contributed by atoms with Gasteiger partial charge in [0.15, 0.2) is 0 Å². The Morgan fingerprint density at radius 2 is 1.67 bits per heavy atom. The fraction of sp³-hybridized carbons (Fsp3) is 0.647. The Morgan fingerprint density at radius 1 is 1.10 bits per heavy atom. The number of anilines is 1. The summed E-state index contributed by atoms with van der Waals surface area (Å²) in [5.41, 5.74) is 6.40. The van der Waals surface area contributed by atoms with Crippen molar-refractivity contribution in [2.75, 3.05) is 11.4 Å². The molecular formula is C17H28F2N2. The molecule has 0 saturated carbocycles. The van der Waals surface area contributed by atoms with Crippen LogP contribution >= 0.6 is 0 Å². The summed E-state index contributed by atoms with van der Waals surface area (Å²) in [5.74, 6) is -0.980. The van der Waals surface area contributed by atoms with E-state index in [2.05, 4.69) is 6.92 Å². The molecule has 0 aliphatic carbocycles. The van der Waals surface area contributed by atoms with E-state index in [0.29, 0.717) is 18.5 Å². The summed E-state index contributed by atoms with van der Waals surface area (Å²) in [7, 11) is 0. The molecule has 0 bridgehead atoms. The van der Waals surface area contributed by atoms with Crippen LogP contribution in [0.1, 0.15) is 52.5 Å². The maximum Gasteiger partial charge on any atom is 0.149 e. The van der Waals surface area contributed by atoms with Crippen LogP contribution in [0.25, 0.3) is 0 Å². The van der Waals surface area contributed by atoms with Gasteiger partial charge in [0.05, 0.1) is 0 Å². The molecule has 1 aromatic carbocycles. The molecule has 0 saturated heterocycles. The quantitative estimate of drug-likeness (QED) is 0.727. The first kappa shape index (κ1) is 17.9. The van der Waals surface area contributed by atoms with Gasteiger partial charge in [-0.3, -0.25) is 0 Å². The van der Waals surface area contributed by atoms with Crippen molar-refractivity contribution in [1.82, 2.24) is 0 Å². The highest BCUT2D eigenvalue weighted by Gasteiger charge is 2.20. The van der Waals surface area contributed by atoms with E-state index in [1.165, 1.54) is 12.1 Å². The van der Waals surface area contributed by atoms with Crippen molar-refractivity contribution >= 4 is 5.69 Å². The van der Waals surface area contributed by atoms with Crippen LogP contribution in [0, 0.1) is 11.6 Å². The van der Waals surface area contributed by atoms with Crippen LogP contribution in [-0.4, -0.2) is 18.6 Å². The van der Waals surface area contributed by atoms with E-state index >= 15 is 0 Å². The van der Waals surface area contributed by atoms with Gasteiger partial charge in [-0.05, 0) is 51.3 Å². The van der Waals surface area contributed by atoms with E-state index in [4.69, 9.17) is 5.73 Å². The van der Waals surface area contributed by atoms with Gasteiger partial charge in [-0.2, -0.15) is 0 Å². The van der Waals surface area contributed by atoms with Crippen molar-refractivity contribution in [1.29, 1.82) is 0 Å². The minimum absolute atomic E-state index is 0.0603. The number of hydrogen-bond acceptors (Lipinski definition) is 2. The van der Waals surface area contributed by atoms with Crippen molar-refractivity contribution in [3.8, 4) is 0 Å². The second-order valence-corrected chi connectivity index (χ2v) is 6.08. The predicted molar refractivity (Wildman–Crippen MR) is 85.7 cm³/mol. The molecule has 0 amide bonds. The molecule has 4 heteroatoms. The Bertz CT molecular complexity index is 421. The van der Waals surface area contributed by atoms with E-state index in [0.717, 1.165) is 19.3 Å². The second-order valence-electron chi connectivity index (χ2n) is 6.08. The molecule has 2 N–H and O–H groups in total. The Morgan fingerprint density at radius 3 is 2.10 bits per heavy atom. The zero-order valence-corrected chi connectivity index (χ0v) is 13.6. The van der Waals surface area contributed by atoms with E-state index in [9.17, 15) is 8.78 Å². The minimum atomic E-state index is -0.490. The van der Waals surface area contributed by atoms with Crippen molar-refractivity contribution < 1.29 is 8.78 Å². The zero-order valence-electron chi connectivity index (χ0n) is 13.6. The summed E-state index contributed by atoms with van der Waals surface area (Å²) in [6, 6.07) is 2.78. The Balaban J connectivity index is 3.02. The van der Waals surface area contributed by atoms with Crippen LogP contribution in [0.2, 0.25) is 0 Å². The lowest BCUT2D eigenvalue weighted by molar-refractivity contribution is 0.542. The van der Waals surface area contributed by atoms with Gasteiger partial charge in [0.25, 0.3) is 0 Å². The Hall–Kier alpha value is -1.16. The molecule has 0 aliphatic rings. The van der Waals surface area contributed by atoms with Gasteiger partial charge in [-0.15, -0.1) is 0 Å². The van der Waals surface area contributed by atoms with Gasteiger partial charge in [0.2, 0.25) is 0 Å². The average Bonchev–Trinajstić information content (AvgIpc) is 2.35. The highest BCUT2D eigenvalue weighted by molar-refractivity contribution is 5.51. The molecule has 0 aliphatic heterocycles. The molecular weight excluding hydrogens is 270 g/mol. The number of halogens is 2. The summed E-state index contributed by atoms with van der Waals surface area (Å²) in [6.07, 6.45) is 3.57. The Labute approximate surface area is 127 Å². The number of nitrogens with two attached hydrogens (primary N) is 1. The fourth-order valence-electron chi connectivity index (χ4n) is 2.54. The van der Waals surface area contributed by atoms with Crippen molar-refractivity contribution in [2.24, 2.45) is 5.73 Å². The summed E-state index contributed by atoms with van der Waals surface area (Å²) in [6.45, 7) is 8.53. The second kappa shape index (κ2) is 8.32. The van der Waals surface area contributed by atoms with Crippen molar-refractivity contribution in [3.05, 3.63) is 29.3 Å². The average molecular weight is 298 g/mol. The third kappa shape index (κ3) is 5.27. The van der Waals surface area contributed by atoms with Crippen LogP contribution in [0.4, 0.5) is 14.5 Å². The van der Waals surface area contributed by atoms with E-state index in [1.54, 1.807) is 0 Å². The fourth-order valence-corrected chi connectivity index (χ4v) is 2.54. The third-order valence-corrected chi connectivity index (χ3v) is 3.55. The monoisotopic (exact) mass is 298 g/mol. The molecule has 1 atom stereocenters. The molecule has 0 aromatic heterocycles. The largest absolute Gasteiger partial charge is 0.364 e. The number of nitrogens with zero attached hydrogens (tertiary/aromatic N) is 1. The lowest BCUT2D eigenvalue weighted by atomic mass is 10.1. The van der Waals surface area contributed by atoms with Gasteiger partial charge >= 0.3 is 0 Å². The Kier molecular flexibility index (Phi) is 7.09. The lowest BCUT2D eigenvalue weighted by Gasteiger charge is -2.30. The first-order chi connectivity index (χ1) is 9.86. The number of hydrogen-bond donors (Lipinski definition) is 1. The summed E-state index contributed by atoms with van der Waals surface area (Å²) < 4.78 is 28.7. The molecule has 0 spiro atoms. The first-order valence-corrected chi connectivity index (χ1v) is 7.86. The molecule has 0 fully saturated rings. The molecule has 120 valence electrons. The van der Waals surface area contributed by atoms with Crippen molar-refractivity contribution in [3.63, 3.8) is 0 Å². The topological polar surface area (TPSA) is 29.3 Å². The predicted octanol–water partition coefficient (Wildman–Crippen LogP) is 4.26. The van der Waals surface area contributed by atoms with Gasteiger partial charge in [-0.25, -0.2) is 8.78 Å². The summed E-state index contributed by atoms with van der Waals surface area (Å²) in [4.78, 5) is 1.82. The number of rotatable bonds is 8. The summed E-state index contributed by atoms with van der Waals surface area (Å²) >= 11 is 0. The van der Waals surface area contributed by atoms with Crippen LogP contribution in [-0.2, 0) is 6.42 Å². The molecule has 1 aromatic rings. The SMILES string of the molecule is CCCCCN(c1c(F)cc(CC(C)N)cc1F)C(C)C. The molecule has 1 unspecified atom stereocenters. The molecule has 0 radical (unpaired) electrons. The molecule has 0 heterocycles. The zero-order chi connectivity index (χ0) is 16.0. The van der Waals surface area contributed by atoms with Crippen LogP contribution in [0.5, 0.6) is 0 Å². The van der Waals surface area contributed by atoms with E-state index in [-0.39, 0.29) is 17.8 Å². The highest BCUT2D eigenvalue weighted by Crippen LogP contribution is 2.27. The smallest absolute Gasteiger partial charge is 0.149 e. The highest BCUT2D eigenvalue weighted by atomic mass is 19.1. The molecule has 1 rings (SSSR count). The standard InChI is InChI=1S/C17H28F2N2/c1-5-6-7-8-21(12(2)3)17-15(18)10-14(9-13(4)20)11-16(17)19/h10-13H,5-9,20H2,1-4H3. The maximum atomic E-state index is 14.4. The minimum Gasteiger partial charge on any atom is -0.364 e. The normalized spacial score (nSPS) is 12.8. The van der Waals surface area contributed by atoms with Gasteiger partial charge < -0.3 is 10.6 Å². The van der Waals surface area contributed by atoms with Crippen molar-refractivity contribution in [2.45, 2.75) is 65.5 Å². The van der Waals surface area contributed by atoms with Crippen LogP contribution in [0.15, 0.2) is 12.1 Å². The van der Waals surface area contributed by atoms with E-state index < -0.39 is 11.6 Å². The number of unbranched alkanes of at least 4 members (excludes halogenated alkanes) is 2. The maximum absolute atomic E-state index is 14.4. The first-order valence-electron chi connectivity index (χ1n) is 7.86. The summed E-state index contributed by atoms with van der Waals surface area (Å²) in [5, 5.41) is 0. The molecule has 21 heavy (non-hydrogen) atoms. The lowest BCUT2D eigenvalue weighted by Crippen LogP contribution is -2.33. The van der Waals surface area contributed by atoms with E-state index in [1.807, 2.05) is 25.7 Å². The van der Waals surface area contributed by atoms with Crippen LogP contribution < -0.4 is 10.6 Å². The molecule has 2 nitrogen and oxygen atoms in total. The number of benzene rings is 1. The van der Waals surface area contributed by atoms with Gasteiger partial charge in [-0.1, -0.05) is 19.8 Å². The van der Waals surface area contributed by atoms with Gasteiger partial charge in [0.1, 0.15) is 17.3 Å². The van der Waals surface area contributed by atoms with Crippen LogP contribution in [0.3, 0.4) is 0 Å². The van der Waals surface area contributed by atoms with Gasteiger partial charge in [0, 0.05) is 18.6 Å².